The summed E-state index contributed by atoms with van der Waals surface area (Å²) in [5.74, 6) is 0.810. The highest BCUT2D eigenvalue weighted by Crippen LogP contribution is 2.31. The van der Waals surface area contributed by atoms with Gasteiger partial charge in [0.05, 0.1) is 10.5 Å². The molecule has 0 atom stereocenters. The zero-order valence-electron chi connectivity index (χ0n) is 12.3. The predicted octanol–water partition coefficient (Wildman–Crippen LogP) is 2.53. The molecule has 1 aromatic heterocycles. The van der Waals surface area contributed by atoms with E-state index in [0.717, 1.165) is 38.6 Å². The van der Waals surface area contributed by atoms with E-state index in [2.05, 4.69) is 15.6 Å². The Kier molecular flexibility index (Phi) is 4.95. The Hall–Kier alpha value is -1.89. The monoisotopic (exact) mass is 294 g/mol. The summed E-state index contributed by atoms with van der Waals surface area (Å²) in [5.41, 5.74) is -0.846. The molecule has 1 aromatic rings. The van der Waals surface area contributed by atoms with Crippen LogP contribution in [0, 0.1) is 10.1 Å². The third-order valence-electron chi connectivity index (χ3n) is 3.75. The molecule has 0 aliphatic heterocycles. The van der Waals surface area contributed by atoms with Crippen molar-refractivity contribution in [3.8, 4) is 0 Å². The molecule has 1 aliphatic carbocycles. The summed E-state index contributed by atoms with van der Waals surface area (Å²) in [4.78, 5) is 14.9. The Morgan fingerprint density at radius 3 is 2.71 bits per heavy atom. The maximum Gasteiger partial charge on any atom is 0.311 e. The van der Waals surface area contributed by atoms with Crippen molar-refractivity contribution in [1.82, 2.24) is 4.98 Å². The molecular formula is C14H22N4O3. The van der Waals surface area contributed by atoms with Crippen molar-refractivity contribution < 1.29 is 10.0 Å². The zero-order valence-corrected chi connectivity index (χ0v) is 12.3. The summed E-state index contributed by atoms with van der Waals surface area (Å²) in [6.45, 7) is 3.08. The summed E-state index contributed by atoms with van der Waals surface area (Å²) >= 11 is 0. The summed E-state index contributed by atoms with van der Waals surface area (Å²) in [6.07, 6.45) is 4.38. The van der Waals surface area contributed by atoms with E-state index in [4.69, 9.17) is 0 Å². The lowest BCUT2D eigenvalue weighted by molar-refractivity contribution is -0.384. The fourth-order valence-electron chi connectivity index (χ4n) is 2.54. The van der Waals surface area contributed by atoms with E-state index in [9.17, 15) is 15.2 Å². The maximum absolute atomic E-state index is 11.1. The molecule has 7 heteroatoms. The van der Waals surface area contributed by atoms with Crippen LogP contribution in [0.3, 0.4) is 0 Å². The number of nitro groups is 1. The van der Waals surface area contributed by atoms with Crippen LogP contribution in [0.4, 0.5) is 17.3 Å². The number of aliphatic hydroxyl groups is 1. The van der Waals surface area contributed by atoms with Crippen molar-refractivity contribution in [3.63, 3.8) is 0 Å². The Morgan fingerprint density at radius 2 is 2.10 bits per heavy atom. The van der Waals surface area contributed by atoms with Crippen LogP contribution >= 0.6 is 0 Å². The smallest absolute Gasteiger partial charge is 0.311 e. The second-order valence-electron chi connectivity index (χ2n) is 5.53. The standard InChI is InChI=1S/C14H22N4O3/c1-2-9-15-12-6-5-11(18(20)21)13(17-12)16-10-14(19)7-3-4-8-14/h5-6,19H,2-4,7-10H2,1H3,(H2,15,16,17). The molecule has 1 aliphatic rings. The number of rotatable bonds is 7. The molecule has 0 amide bonds. The Bertz CT molecular complexity index is 501. The van der Waals surface area contributed by atoms with Gasteiger partial charge in [-0.2, -0.15) is 0 Å². The third kappa shape index (κ3) is 4.04. The second-order valence-corrected chi connectivity index (χ2v) is 5.53. The van der Waals surface area contributed by atoms with Gasteiger partial charge in [0.1, 0.15) is 5.82 Å². The fourth-order valence-corrected chi connectivity index (χ4v) is 2.54. The normalized spacial score (nSPS) is 16.7. The number of hydrogen-bond donors (Lipinski definition) is 3. The minimum Gasteiger partial charge on any atom is -0.388 e. The van der Waals surface area contributed by atoms with E-state index in [-0.39, 0.29) is 18.1 Å². The van der Waals surface area contributed by atoms with E-state index in [1.807, 2.05) is 6.92 Å². The van der Waals surface area contributed by atoms with Crippen molar-refractivity contribution in [2.24, 2.45) is 0 Å². The molecule has 2 rings (SSSR count). The van der Waals surface area contributed by atoms with E-state index >= 15 is 0 Å². The van der Waals surface area contributed by atoms with Crippen LogP contribution in [0.2, 0.25) is 0 Å². The highest BCUT2D eigenvalue weighted by Gasteiger charge is 2.31. The van der Waals surface area contributed by atoms with Crippen molar-refractivity contribution >= 4 is 17.3 Å². The number of nitrogens with one attached hydrogen (secondary N) is 2. The minimum atomic E-state index is -0.775. The lowest BCUT2D eigenvalue weighted by Crippen LogP contribution is -2.33. The van der Waals surface area contributed by atoms with Gasteiger partial charge in [-0.15, -0.1) is 0 Å². The molecule has 0 spiro atoms. The topological polar surface area (TPSA) is 100 Å². The van der Waals surface area contributed by atoms with Crippen LogP contribution in [0.1, 0.15) is 39.0 Å². The van der Waals surface area contributed by atoms with E-state index in [1.54, 1.807) is 6.07 Å². The lowest BCUT2D eigenvalue weighted by atomic mass is 10.0. The van der Waals surface area contributed by atoms with Gasteiger partial charge in [-0.1, -0.05) is 19.8 Å². The van der Waals surface area contributed by atoms with Crippen LogP contribution < -0.4 is 10.6 Å². The lowest BCUT2D eigenvalue weighted by Gasteiger charge is -2.22. The van der Waals surface area contributed by atoms with Crippen LogP contribution in [0.25, 0.3) is 0 Å². The molecule has 3 N–H and O–H groups in total. The first-order valence-electron chi connectivity index (χ1n) is 7.40. The largest absolute Gasteiger partial charge is 0.388 e. The summed E-state index contributed by atoms with van der Waals surface area (Å²) in [7, 11) is 0. The molecule has 0 bridgehead atoms. The molecule has 0 saturated heterocycles. The Balaban J connectivity index is 2.11. The molecule has 21 heavy (non-hydrogen) atoms. The molecule has 1 saturated carbocycles. The highest BCUT2D eigenvalue weighted by molar-refractivity contribution is 5.60. The van der Waals surface area contributed by atoms with Gasteiger partial charge in [0.25, 0.3) is 0 Å². The first kappa shape index (κ1) is 15.5. The van der Waals surface area contributed by atoms with E-state index in [1.165, 1.54) is 6.07 Å². The molecule has 7 nitrogen and oxygen atoms in total. The van der Waals surface area contributed by atoms with Gasteiger partial charge in [0, 0.05) is 19.2 Å². The van der Waals surface area contributed by atoms with Gasteiger partial charge in [-0.25, -0.2) is 4.98 Å². The Labute approximate surface area is 123 Å². The molecule has 0 aromatic carbocycles. The van der Waals surface area contributed by atoms with Gasteiger partial charge < -0.3 is 15.7 Å². The summed E-state index contributed by atoms with van der Waals surface area (Å²) in [6, 6.07) is 3.04. The van der Waals surface area contributed by atoms with Gasteiger partial charge in [-0.05, 0) is 25.3 Å². The molecule has 116 valence electrons. The number of nitrogens with zero attached hydrogens (tertiary/aromatic N) is 2. The van der Waals surface area contributed by atoms with Crippen LogP contribution in [-0.2, 0) is 0 Å². The average molecular weight is 294 g/mol. The molecule has 0 unspecified atom stereocenters. The fraction of sp³-hybridized carbons (Fsp3) is 0.643. The number of anilines is 2. The van der Waals surface area contributed by atoms with Gasteiger partial charge in [0.2, 0.25) is 5.82 Å². The van der Waals surface area contributed by atoms with Crippen molar-refractivity contribution in [1.29, 1.82) is 0 Å². The number of hydrogen-bond acceptors (Lipinski definition) is 6. The first-order valence-corrected chi connectivity index (χ1v) is 7.40. The molecule has 0 radical (unpaired) electrons. The minimum absolute atomic E-state index is 0.0707. The maximum atomic E-state index is 11.1. The third-order valence-corrected chi connectivity index (χ3v) is 3.75. The van der Waals surface area contributed by atoms with Crippen LogP contribution in [0.15, 0.2) is 12.1 Å². The quantitative estimate of drug-likeness (QED) is 0.528. The van der Waals surface area contributed by atoms with Crippen LogP contribution in [0.5, 0.6) is 0 Å². The zero-order chi connectivity index (χ0) is 15.3. The average Bonchev–Trinajstić information content (AvgIpc) is 2.90. The first-order chi connectivity index (χ1) is 10.0. The van der Waals surface area contributed by atoms with Gasteiger partial charge >= 0.3 is 5.69 Å². The molecular weight excluding hydrogens is 272 g/mol. The second kappa shape index (κ2) is 6.71. The molecule has 1 fully saturated rings. The van der Waals surface area contributed by atoms with Gasteiger partial charge in [-0.3, -0.25) is 10.1 Å². The van der Waals surface area contributed by atoms with Crippen molar-refractivity contribution in [2.45, 2.75) is 44.6 Å². The number of aromatic nitrogens is 1. The van der Waals surface area contributed by atoms with Crippen molar-refractivity contribution in [3.05, 3.63) is 22.2 Å². The van der Waals surface area contributed by atoms with E-state index < -0.39 is 10.5 Å². The molecule has 1 heterocycles. The number of pyridine rings is 1. The van der Waals surface area contributed by atoms with Gasteiger partial charge in [0.15, 0.2) is 0 Å². The van der Waals surface area contributed by atoms with Crippen LogP contribution in [-0.4, -0.2) is 33.7 Å². The van der Waals surface area contributed by atoms with E-state index in [0.29, 0.717) is 5.82 Å². The Morgan fingerprint density at radius 1 is 1.38 bits per heavy atom. The summed E-state index contributed by atoms with van der Waals surface area (Å²) in [5, 5.41) is 27.4. The highest BCUT2D eigenvalue weighted by atomic mass is 16.6. The SMILES string of the molecule is CCCNc1ccc([N+](=O)[O-])c(NCC2(O)CCCC2)n1. The van der Waals surface area contributed by atoms with Crippen molar-refractivity contribution in [2.75, 3.05) is 23.7 Å². The predicted molar refractivity (Wildman–Crippen MR) is 81.6 cm³/mol. The summed E-state index contributed by atoms with van der Waals surface area (Å²) < 4.78 is 0.